The molecule has 4 nitrogen and oxygen atoms in total. The van der Waals surface area contributed by atoms with Gasteiger partial charge in [0.15, 0.2) is 0 Å². The SMILES string of the molecule is CN(C)C[C@@H](NC(=O)c1ccc2cnccc2c1)c1ccccc1. The largest absolute Gasteiger partial charge is 0.344 e. The number of fused-ring (bicyclic) bond motifs is 1. The molecule has 122 valence electrons. The maximum absolute atomic E-state index is 12.7. The van der Waals surface area contributed by atoms with Gasteiger partial charge in [-0.05, 0) is 43.2 Å². The zero-order valence-corrected chi connectivity index (χ0v) is 13.9. The zero-order chi connectivity index (χ0) is 16.9. The van der Waals surface area contributed by atoms with Crippen molar-refractivity contribution in [2.45, 2.75) is 6.04 Å². The molecule has 1 atom stereocenters. The highest BCUT2D eigenvalue weighted by atomic mass is 16.1. The third-order valence-corrected chi connectivity index (χ3v) is 3.96. The van der Waals surface area contributed by atoms with Crippen molar-refractivity contribution in [3.63, 3.8) is 0 Å². The minimum atomic E-state index is -0.0654. The lowest BCUT2D eigenvalue weighted by atomic mass is 10.0. The smallest absolute Gasteiger partial charge is 0.251 e. The zero-order valence-electron chi connectivity index (χ0n) is 13.9. The molecule has 0 bridgehead atoms. The van der Waals surface area contributed by atoms with Crippen molar-refractivity contribution in [2.75, 3.05) is 20.6 Å². The molecule has 1 amide bonds. The first kappa shape index (κ1) is 16.1. The van der Waals surface area contributed by atoms with Crippen molar-refractivity contribution < 1.29 is 4.79 Å². The predicted octanol–water partition coefficient (Wildman–Crippen LogP) is 3.27. The van der Waals surface area contributed by atoms with Crippen LogP contribution in [0.4, 0.5) is 0 Å². The Balaban J connectivity index is 1.84. The molecule has 2 aromatic carbocycles. The molecule has 0 spiro atoms. The van der Waals surface area contributed by atoms with Gasteiger partial charge in [0, 0.05) is 29.9 Å². The summed E-state index contributed by atoms with van der Waals surface area (Å²) in [5.41, 5.74) is 1.76. The first-order chi connectivity index (χ1) is 11.6. The Kier molecular flexibility index (Phi) is 4.87. The number of carbonyl (C=O) groups is 1. The number of hydrogen-bond acceptors (Lipinski definition) is 3. The summed E-state index contributed by atoms with van der Waals surface area (Å²) < 4.78 is 0. The van der Waals surface area contributed by atoms with Crippen LogP contribution in [0.5, 0.6) is 0 Å². The van der Waals surface area contributed by atoms with Gasteiger partial charge in [-0.1, -0.05) is 36.4 Å². The average Bonchev–Trinajstić information content (AvgIpc) is 2.61. The quantitative estimate of drug-likeness (QED) is 0.785. The van der Waals surface area contributed by atoms with Crippen molar-refractivity contribution in [1.29, 1.82) is 0 Å². The van der Waals surface area contributed by atoms with Gasteiger partial charge in [0.25, 0.3) is 5.91 Å². The highest BCUT2D eigenvalue weighted by Crippen LogP contribution is 2.17. The lowest BCUT2D eigenvalue weighted by Gasteiger charge is -2.23. The Bertz CT molecular complexity index is 830. The van der Waals surface area contributed by atoms with Crippen LogP contribution in [0.2, 0.25) is 0 Å². The van der Waals surface area contributed by atoms with Crippen LogP contribution >= 0.6 is 0 Å². The number of rotatable bonds is 5. The van der Waals surface area contributed by atoms with Crippen molar-refractivity contribution in [1.82, 2.24) is 15.2 Å². The molecule has 3 aromatic rings. The van der Waals surface area contributed by atoms with Gasteiger partial charge in [0.2, 0.25) is 0 Å². The minimum Gasteiger partial charge on any atom is -0.344 e. The number of carbonyl (C=O) groups excluding carboxylic acids is 1. The predicted molar refractivity (Wildman–Crippen MR) is 96.9 cm³/mol. The number of aromatic nitrogens is 1. The van der Waals surface area contributed by atoms with Gasteiger partial charge in [0.1, 0.15) is 0 Å². The number of nitrogens with zero attached hydrogens (tertiary/aromatic N) is 2. The molecule has 24 heavy (non-hydrogen) atoms. The maximum atomic E-state index is 12.7. The summed E-state index contributed by atoms with van der Waals surface area (Å²) in [7, 11) is 4.01. The fourth-order valence-corrected chi connectivity index (χ4v) is 2.75. The highest BCUT2D eigenvalue weighted by Gasteiger charge is 2.16. The van der Waals surface area contributed by atoms with Crippen molar-refractivity contribution in [3.8, 4) is 0 Å². The minimum absolute atomic E-state index is 0.0539. The molecule has 0 radical (unpaired) electrons. The molecule has 1 aromatic heterocycles. The third kappa shape index (κ3) is 3.78. The van der Waals surface area contributed by atoms with E-state index in [-0.39, 0.29) is 11.9 Å². The second kappa shape index (κ2) is 7.23. The Hall–Kier alpha value is -2.72. The third-order valence-electron chi connectivity index (χ3n) is 3.96. The molecule has 0 aliphatic heterocycles. The van der Waals surface area contributed by atoms with Crippen LogP contribution in [-0.2, 0) is 0 Å². The summed E-state index contributed by atoms with van der Waals surface area (Å²) in [6, 6.07) is 17.6. The molecule has 0 saturated carbocycles. The fraction of sp³-hybridized carbons (Fsp3) is 0.200. The second-order valence-electron chi connectivity index (χ2n) is 6.14. The van der Waals surface area contributed by atoms with E-state index in [1.165, 1.54) is 0 Å². The molecule has 4 heteroatoms. The van der Waals surface area contributed by atoms with E-state index in [1.54, 1.807) is 12.4 Å². The van der Waals surface area contributed by atoms with Gasteiger partial charge in [0.05, 0.1) is 6.04 Å². The Labute approximate surface area is 142 Å². The van der Waals surface area contributed by atoms with E-state index in [9.17, 15) is 4.79 Å². The van der Waals surface area contributed by atoms with E-state index < -0.39 is 0 Å². The van der Waals surface area contributed by atoms with E-state index in [4.69, 9.17) is 0 Å². The summed E-state index contributed by atoms with van der Waals surface area (Å²) in [5.74, 6) is -0.0654. The summed E-state index contributed by atoms with van der Waals surface area (Å²) in [6.07, 6.45) is 3.54. The lowest BCUT2D eigenvalue weighted by Crippen LogP contribution is -2.35. The van der Waals surface area contributed by atoms with Crippen LogP contribution in [0.15, 0.2) is 67.0 Å². The molecule has 0 fully saturated rings. The van der Waals surface area contributed by atoms with Crippen molar-refractivity contribution in [2.24, 2.45) is 0 Å². The summed E-state index contributed by atoms with van der Waals surface area (Å²) in [6.45, 7) is 0.743. The summed E-state index contributed by atoms with van der Waals surface area (Å²) >= 11 is 0. The number of amides is 1. The number of benzene rings is 2. The topological polar surface area (TPSA) is 45.2 Å². The fourth-order valence-electron chi connectivity index (χ4n) is 2.75. The molecular formula is C20H21N3O. The summed E-state index contributed by atoms with van der Waals surface area (Å²) in [4.78, 5) is 18.9. The Morgan fingerprint density at radius 1 is 1.08 bits per heavy atom. The highest BCUT2D eigenvalue weighted by molar-refractivity contribution is 5.98. The molecule has 3 rings (SSSR count). The van der Waals surface area contributed by atoms with E-state index in [0.717, 1.165) is 22.9 Å². The van der Waals surface area contributed by atoms with Gasteiger partial charge in [-0.3, -0.25) is 9.78 Å². The molecule has 0 unspecified atom stereocenters. The second-order valence-corrected chi connectivity index (χ2v) is 6.14. The molecule has 0 saturated heterocycles. The van der Waals surface area contributed by atoms with Crippen molar-refractivity contribution in [3.05, 3.63) is 78.1 Å². The first-order valence-corrected chi connectivity index (χ1v) is 7.98. The van der Waals surface area contributed by atoms with E-state index in [2.05, 4.69) is 15.2 Å². The van der Waals surface area contributed by atoms with Crippen LogP contribution in [0, 0.1) is 0 Å². The van der Waals surface area contributed by atoms with Gasteiger partial charge < -0.3 is 10.2 Å². The lowest BCUT2D eigenvalue weighted by molar-refractivity contribution is 0.0930. The van der Waals surface area contributed by atoms with Crippen LogP contribution in [0.3, 0.4) is 0 Å². The summed E-state index contributed by atoms with van der Waals surface area (Å²) in [5, 5.41) is 5.19. The monoisotopic (exact) mass is 319 g/mol. The van der Waals surface area contributed by atoms with Crippen molar-refractivity contribution >= 4 is 16.7 Å². The normalized spacial score (nSPS) is 12.3. The van der Waals surface area contributed by atoms with Crippen LogP contribution in [-0.4, -0.2) is 36.4 Å². The Morgan fingerprint density at radius 2 is 1.88 bits per heavy atom. The molecule has 0 aliphatic rings. The molecule has 0 aliphatic carbocycles. The molecular weight excluding hydrogens is 298 g/mol. The molecule has 1 heterocycles. The van der Waals surface area contributed by atoms with Crippen LogP contribution in [0.1, 0.15) is 22.0 Å². The van der Waals surface area contributed by atoms with Gasteiger partial charge in [-0.2, -0.15) is 0 Å². The number of hydrogen-bond donors (Lipinski definition) is 1. The van der Waals surface area contributed by atoms with E-state index in [0.29, 0.717) is 5.56 Å². The Morgan fingerprint density at radius 3 is 2.62 bits per heavy atom. The standard InChI is InChI=1S/C20H21N3O/c1-23(2)14-19(15-6-4-3-5-7-15)22-20(24)17-8-9-18-13-21-11-10-16(18)12-17/h3-13,19H,14H2,1-2H3,(H,22,24)/t19-/m1/s1. The number of nitrogens with one attached hydrogen (secondary N) is 1. The van der Waals surface area contributed by atoms with Gasteiger partial charge >= 0.3 is 0 Å². The first-order valence-electron chi connectivity index (χ1n) is 7.98. The van der Waals surface area contributed by atoms with E-state index in [1.807, 2.05) is 68.7 Å². The van der Waals surface area contributed by atoms with Crippen LogP contribution < -0.4 is 5.32 Å². The maximum Gasteiger partial charge on any atom is 0.251 e. The van der Waals surface area contributed by atoms with Gasteiger partial charge in [-0.15, -0.1) is 0 Å². The average molecular weight is 319 g/mol. The van der Waals surface area contributed by atoms with Crippen LogP contribution in [0.25, 0.3) is 10.8 Å². The van der Waals surface area contributed by atoms with Gasteiger partial charge in [-0.25, -0.2) is 0 Å². The molecule has 1 N–H and O–H groups in total. The van der Waals surface area contributed by atoms with E-state index >= 15 is 0 Å². The number of likely N-dealkylation sites (N-methyl/N-ethyl adjacent to an activating group) is 1. The number of pyridine rings is 1.